The summed E-state index contributed by atoms with van der Waals surface area (Å²) >= 11 is 3.57. The van der Waals surface area contributed by atoms with Crippen LogP contribution in [-0.4, -0.2) is 24.7 Å². The van der Waals surface area contributed by atoms with Crippen LogP contribution in [0.4, 0.5) is 5.69 Å². The Kier molecular flexibility index (Phi) is 3.22. The van der Waals surface area contributed by atoms with Gasteiger partial charge in [0.25, 0.3) is 0 Å². The van der Waals surface area contributed by atoms with Crippen LogP contribution in [-0.2, 0) is 5.41 Å². The second kappa shape index (κ2) is 4.64. The summed E-state index contributed by atoms with van der Waals surface area (Å²) in [4.78, 5) is 2.45. The zero-order valence-corrected chi connectivity index (χ0v) is 13.4. The lowest BCUT2D eigenvalue weighted by Gasteiger charge is -2.30. The van der Waals surface area contributed by atoms with Crippen molar-refractivity contribution in [1.82, 2.24) is 4.90 Å². The molecule has 0 amide bonds. The van der Waals surface area contributed by atoms with E-state index < -0.39 is 0 Å². The van der Waals surface area contributed by atoms with Crippen molar-refractivity contribution in [2.75, 3.05) is 18.9 Å². The van der Waals surface area contributed by atoms with Crippen molar-refractivity contribution in [2.24, 2.45) is 0 Å². The number of likely N-dealkylation sites (N-methyl/N-ethyl adjacent to an activating group) is 1. The number of anilines is 1. The molecule has 1 aromatic rings. The van der Waals surface area contributed by atoms with Crippen LogP contribution in [0.25, 0.3) is 0 Å². The molecule has 0 aliphatic carbocycles. The number of benzene rings is 1. The van der Waals surface area contributed by atoms with Crippen LogP contribution < -0.4 is 5.32 Å². The molecule has 102 valence electrons. The third kappa shape index (κ3) is 2.03. The van der Waals surface area contributed by atoms with Gasteiger partial charge in [-0.25, -0.2) is 0 Å². The quantitative estimate of drug-likeness (QED) is 0.824. The molecule has 2 aliphatic rings. The van der Waals surface area contributed by atoms with Crippen LogP contribution in [0.2, 0.25) is 0 Å². The lowest BCUT2D eigenvalue weighted by Crippen LogP contribution is -2.41. The fourth-order valence-corrected chi connectivity index (χ4v) is 3.88. The molecule has 3 heteroatoms. The Labute approximate surface area is 124 Å². The van der Waals surface area contributed by atoms with Crippen LogP contribution in [0, 0.1) is 0 Å². The number of halogens is 1. The second-order valence-corrected chi connectivity index (χ2v) is 7.02. The molecule has 2 aliphatic heterocycles. The summed E-state index contributed by atoms with van der Waals surface area (Å²) in [6.07, 6.45) is 5.20. The number of allylic oxidation sites excluding steroid dienone is 2. The minimum atomic E-state index is 0.252. The molecule has 1 saturated heterocycles. The molecule has 19 heavy (non-hydrogen) atoms. The summed E-state index contributed by atoms with van der Waals surface area (Å²) in [6, 6.07) is 6.68. The van der Waals surface area contributed by atoms with E-state index in [-0.39, 0.29) is 5.41 Å². The van der Waals surface area contributed by atoms with Crippen molar-refractivity contribution >= 4 is 21.6 Å². The molecule has 0 bridgehead atoms. The van der Waals surface area contributed by atoms with Gasteiger partial charge in [-0.15, -0.1) is 0 Å². The topological polar surface area (TPSA) is 15.3 Å². The van der Waals surface area contributed by atoms with Crippen molar-refractivity contribution in [2.45, 2.75) is 38.3 Å². The first-order chi connectivity index (χ1) is 9.03. The third-order valence-corrected chi connectivity index (χ3v) is 5.05. The molecule has 3 rings (SSSR count). The van der Waals surface area contributed by atoms with Gasteiger partial charge in [-0.1, -0.05) is 33.6 Å². The molecule has 0 unspecified atom stereocenters. The van der Waals surface area contributed by atoms with E-state index in [4.69, 9.17) is 0 Å². The predicted octanol–water partition coefficient (Wildman–Crippen LogP) is 4.13. The first-order valence-electron chi connectivity index (χ1n) is 6.93. The van der Waals surface area contributed by atoms with Crippen molar-refractivity contribution in [1.29, 1.82) is 0 Å². The largest absolute Gasteiger partial charge is 0.369 e. The first-order valence-corrected chi connectivity index (χ1v) is 7.72. The van der Waals surface area contributed by atoms with Gasteiger partial charge in [-0.3, -0.25) is 4.90 Å². The van der Waals surface area contributed by atoms with E-state index in [9.17, 15) is 0 Å². The number of hydrogen-bond acceptors (Lipinski definition) is 2. The molecule has 2 nitrogen and oxygen atoms in total. The number of rotatable bonds is 2. The van der Waals surface area contributed by atoms with Gasteiger partial charge in [0.15, 0.2) is 0 Å². The predicted molar refractivity (Wildman–Crippen MR) is 84.5 cm³/mol. The fraction of sp³-hybridized carbons (Fsp3) is 0.500. The Morgan fingerprint density at radius 3 is 3.05 bits per heavy atom. The highest BCUT2D eigenvalue weighted by molar-refractivity contribution is 9.10. The maximum atomic E-state index is 3.72. The third-order valence-electron chi connectivity index (χ3n) is 4.56. The van der Waals surface area contributed by atoms with E-state index in [1.165, 1.54) is 29.8 Å². The van der Waals surface area contributed by atoms with Gasteiger partial charge in [0.05, 0.1) is 6.17 Å². The van der Waals surface area contributed by atoms with Gasteiger partial charge in [0.1, 0.15) is 0 Å². The molecular weight excluding hydrogens is 300 g/mol. The maximum absolute atomic E-state index is 3.72. The van der Waals surface area contributed by atoms with E-state index in [0.29, 0.717) is 6.17 Å². The van der Waals surface area contributed by atoms with Crippen LogP contribution in [0.15, 0.2) is 34.3 Å². The second-order valence-electron chi connectivity index (χ2n) is 6.11. The molecule has 0 radical (unpaired) electrons. The summed E-state index contributed by atoms with van der Waals surface area (Å²) in [5.74, 6) is 0. The Morgan fingerprint density at radius 1 is 1.53 bits per heavy atom. The fourth-order valence-electron chi connectivity index (χ4n) is 3.52. The maximum Gasteiger partial charge on any atom is 0.0894 e. The van der Waals surface area contributed by atoms with Gasteiger partial charge in [0, 0.05) is 22.1 Å². The Bertz CT molecular complexity index is 534. The van der Waals surface area contributed by atoms with Gasteiger partial charge in [-0.2, -0.15) is 0 Å². The lowest BCUT2D eigenvalue weighted by atomic mass is 9.76. The Morgan fingerprint density at radius 2 is 2.32 bits per heavy atom. The Hall–Kier alpha value is -0.800. The van der Waals surface area contributed by atoms with Crippen LogP contribution >= 0.6 is 15.9 Å². The zero-order chi connectivity index (χ0) is 13.6. The monoisotopic (exact) mass is 320 g/mol. The highest BCUT2D eigenvalue weighted by Crippen LogP contribution is 2.51. The van der Waals surface area contributed by atoms with E-state index in [1.54, 1.807) is 0 Å². The molecule has 0 spiro atoms. The van der Waals surface area contributed by atoms with Crippen molar-refractivity contribution < 1.29 is 0 Å². The molecule has 0 aromatic heterocycles. The van der Waals surface area contributed by atoms with Gasteiger partial charge in [-0.05, 0) is 51.4 Å². The van der Waals surface area contributed by atoms with Gasteiger partial charge in [0.2, 0.25) is 0 Å². The minimum absolute atomic E-state index is 0.252. The minimum Gasteiger partial charge on any atom is -0.369 e. The molecule has 1 fully saturated rings. The first kappa shape index (κ1) is 13.2. The average molecular weight is 321 g/mol. The van der Waals surface area contributed by atoms with E-state index >= 15 is 0 Å². The molecule has 2 atom stereocenters. The Balaban J connectivity index is 2.06. The van der Waals surface area contributed by atoms with Crippen LogP contribution in [0.3, 0.4) is 0 Å². The zero-order valence-electron chi connectivity index (χ0n) is 11.8. The standard InChI is InChI=1S/C16H21BrN2/c1-11(2)6-7-16-8-9-19(3)15(16)18-14-10-12(17)4-5-13(14)16/h4-6,10,15,18H,7-9H2,1-3H3/t15-,16-/m1/s1. The highest BCUT2D eigenvalue weighted by atomic mass is 79.9. The van der Waals surface area contributed by atoms with Gasteiger partial charge >= 0.3 is 0 Å². The van der Waals surface area contributed by atoms with Crippen LogP contribution in [0.1, 0.15) is 32.3 Å². The number of likely N-dealkylation sites (tertiary alicyclic amines) is 1. The van der Waals surface area contributed by atoms with Crippen molar-refractivity contribution in [3.8, 4) is 0 Å². The van der Waals surface area contributed by atoms with Gasteiger partial charge < -0.3 is 5.32 Å². The summed E-state index contributed by atoms with van der Waals surface area (Å²) in [5, 5.41) is 3.72. The number of hydrogen-bond donors (Lipinski definition) is 1. The van der Waals surface area contributed by atoms with E-state index in [0.717, 1.165) is 10.9 Å². The molecule has 1 aromatic carbocycles. The SMILES string of the molecule is CC(C)=CC[C@]12CCN(C)[C@H]1Nc1cc(Br)ccc12. The van der Waals surface area contributed by atoms with E-state index in [1.807, 2.05) is 0 Å². The summed E-state index contributed by atoms with van der Waals surface area (Å²) in [7, 11) is 2.23. The molecular formula is C16H21BrN2. The molecule has 0 saturated carbocycles. The number of nitrogens with zero attached hydrogens (tertiary/aromatic N) is 1. The summed E-state index contributed by atoms with van der Waals surface area (Å²) in [6.45, 7) is 5.55. The molecule has 2 heterocycles. The summed E-state index contributed by atoms with van der Waals surface area (Å²) in [5.41, 5.74) is 4.45. The summed E-state index contributed by atoms with van der Waals surface area (Å²) < 4.78 is 1.15. The molecule has 1 N–H and O–H groups in total. The van der Waals surface area contributed by atoms with E-state index in [2.05, 4.69) is 71.3 Å². The average Bonchev–Trinajstić information content (AvgIpc) is 2.83. The highest BCUT2D eigenvalue weighted by Gasteiger charge is 2.51. The number of nitrogens with one attached hydrogen (secondary N) is 1. The van der Waals surface area contributed by atoms with Crippen molar-refractivity contribution in [3.05, 3.63) is 39.9 Å². The smallest absolute Gasteiger partial charge is 0.0894 e. The lowest BCUT2D eigenvalue weighted by molar-refractivity contribution is 0.285. The van der Waals surface area contributed by atoms with Crippen molar-refractivity contribution in [3.63, 3.8) is 0 Å². The number of fused-ring (bicyclic) bond motifs is 3. The van der Waals surface area contributed by atoms with Crippen LogP contribution in [0.5, 0.6) is 0 Å². The normalized spacial score (nSPS) is 28.7.